The van der Waals surface area contributed by atoms with Gasteiger partial charge in [0.1, 0.15) is 29.8 Å². The number of cyclic esters (lactones) is 1. The van der Waals surface area contributed by atoms with E-state index in [1.807, 2.05) is 6.92 Å². The Hall–Kier alpha value is -4.50. The zero-order valence-electron chi connectivity index (χ0n) is 45.8. The number of esters is 2. The number of amides is 1. The molecule has 3 aliphatic rings. The molecule has 0 saturated carbocycles. The summed E-state index contributed by atoms with van der Waals surface area (Å²) in [5, 5.41) is 123. The first-order valence-corrected chi connectivity index (χ1v) is 26.7. The Morgan fingerprint density at radius 3 is 1.87 bits per heavy atom. The first-order valence-electron chi connectivity index (χ1n) is 26.7. The SMILES string of the molecule is C[C@@H]1[C@H](O)[C@@H](C)/C=C/C=C/C=C/C=C/C=C/C=C/C=C/[C@H](O[C@@H]2O[C@@H](C)[C@@H](O)[C@H](NC(=O)[C@H](N)CCC(=O)OC(C)(C)C)[C@@H]2O)C[C@@H]2O[C@](O)(C[C@@H](O)C[C@@H](O)[C@H](O)CC[C@@H](O)C[C@@H](O)CC(=O)O[C@H]1C)C[C@H](O)[C@H]2C(=O)O. The Kier molecular flexibility index (Phi) is 28.4. The molecule has 78 heavy (non-hydrogen) atoms. The summed E-state index contributed by atoms with van der Waals surface area (Å²) in [6.45, 7) is 11.7. The van der Waals surface area contributed by atoms with Crippen molar-refractivity contribution >= 4 is 23.8 Å². The molecule has 3 heterocycles. The largest absolute Gasteiger partial charge is 0.481 e. The topological polar surface area (TPSA) is 375 Å². The summed E-state index contributed by atoms with van der Waals surface area (Å²) in [5.74, 6) is -8.54. The first kappa shape index (κ1) is 67.8. The molecule has 0 radical (unpaired) electrons. The molecule has 0 aromatic carbocycles. The number of aliphatic hydroxyl groups excluding tert-OH is 9. The third-order valence-corrected chi connectivity index (χ3v) is 13.7. The summed E-state index contributed by atoms with van der Waals surface area (Å²) in [6, 6.07) is -2.69. The van der Waals surface area contributed by atoms with Crippen LogP contribution in [0.15, 0.2) is 85.1 Å². The number of hydrogen-bond donors (Lipinski definition) is 13. The van der Waals surface area contributed by atoms with E-state index in [2.05, 4.69) is 5.32 Å². The van der Waals surface area contributed by atoms with Gasteiger partial charge in [-0.2, -0.15) is 0 Å². The number of nitrogens with one attached hydrogen (secondary N) is 1. The van der Waals surface area contributed by atoms with E-state index < -0.39 is 177 Å². The molecule has 2 saturated heterocycles. The molecule has 0 unspecified atom stereocenters. The van der Waals surface area contributed by atoms with Gasteiger partial charge in [0.05, 0.1) is 79.5 Å². The highest BCUT2D eigenvalue weighted by atomic mass is 16.7. The summed E-state index contributed by atoms with van der Waals surface area (Å²) >= 11 is 0. The molecule has 14 N–H and O–H groups in total. The van der Waals surface area contributed by atoms with Gasteiger partial charge in [0.15, 0.2) is 12.1 Å². The number of carbonyl (C=O) groups is 4. The lowest BCUT2D eigenvalue weighted by Gasteiger charge is -2.45. The monoisotopic (exact) mass is 1110 g/mol. The van der Waals surface area contributed by atoms with Crippen LogP contribution < -0.4 is 11.1 Å². The molecule has 2 fully saturated rings. The molecule has 22 heteroatoms. The minimum Gasteiger partial charge on any atom is -0.481 e. The molecule has 1 amide bonds. The van der Waals surface area contributed by atoms with Gasteiger partial charge in [0.25, 0.3) is 0 Å². The Bertz CT molecular complexity index is 2090. The van der Waals surface area contributed by atoms with Gasteiger partial charge in [-0.15, -0.1) is 0 Å². The Balaban J connectivity index is 1.92. The zero-order valence-corrected chi connectivity index (χ0v) is 45.8. The van der Waals surface area contributed by atoms with E-state index in [0.717, 1.165) is 0 Å². The van der Waals surface area contributed by atoms with Crippen LogP contribution in [0.25, 0.3) is 0 Å². The van der Waals surface area contributed by atoms with Crippen molar-refractivity contribution in [1.29, 1.82) is 0 Å². The first-order chi connectivity index (χ1) is 36.5. The third kappa shape index (κ3) is 23.7. The number of hydrogen-bond acceptors (Lipinski definition) is 20. The maximum atomic E-state index is 13.3. The van der Waals surface area contributed by atoms with Gasteiger partial charge in [-0.1, -0.05) is 98.9 Å². The summed E-state index contributed by atoms with van der Waals surface area (Å²) in [4.78, 5) is 50.9. The summed E-state index contributed by atoms with van der Waals surface area (Å²) in [5.41, 5.74) is 5.32. The molecule has 0 aromatic rings. The molecule has 0 aliphatic carbocycles. The number of carboxylic acids is 1. The average Bonchev–Trinajstić information content (AvgIpc) is 3.33. The molecule has 20 atom stereocenters. The van der Waals surface area contributed by atoms with Crippen LogP contribution in [0, 0.1) is 17.8 Å². The lowest BCUT2D eigenvalue weighted by Crippen LogP contribution is -2.65. The Labute approximate surface area is 457 Å². The van der Waals surface area contributed by atoms with Gasteiger partial charge in [-0.05, 0) is 60.3 Å². The molecular weight excluding hydrogens is 1020 g/mol. The van der Waals surface area contributed by atoms with Crippen molar-refractivity contribution in [2.24, 2.45) is 23.5 Å². The predicted octanol–water partition coefficient (Wildman–Crippen LogP) is 1.32. The fraction of sp³-hybridized carbons (Fsp3) is 0.679. The number of ether oxygens (including phenoxy) is 5. The smallest absolute Gasteiger partial charge is 0.311 e. The van der Waals surface area contributed by atoms with E-state index >= 15 is 0 Å². The van der Waals surface area contributed by atoms with Crippen LogP contribution in [0.3, 0.4) is 0 Å². The van der Waals surface area contributed by atoms with Crippen LogP contribution in [0.1, 0.15) is 113 Å². The third-order valence-electron chi connectivity index (χ3n) is 13.7. The van der Waals surface area contributed by atoms with Crippen LogP contribution in [-0.4, -0.2) is 189 Å². The van der Waals surface area contributed by atoms with E-state index in [1.54, 1.807) is 108 Å². The second-order valence-corrected chi connectivity index (χ2v) is 21.8. The fourth-order valence-electron chi connectivity index (χ4n) is 9.18. The molecular formula is C56H88N2O20. The molecule has 0 aromatic heterocycles. The number of nitrogens with two attached hydrogens (primary N) is 1. The molecule has 22 nitrogen and oxygen atoms in total. The van der Waals surface area contributed by atoms with Gasteiger partial charge in [-0.25, -0.2) is 0 Å². The van der Waals surface area contributed by atoms with Crippen molar-refractivity contribution in [3.05, 3.63) is 85.1 Å². The fourth-order valence-corrected chi connectivity index (χ4v) is 9.18. The minimum absolute atomic E-state index is 0.125. The normalized spacial score (nSPS) is 40.4. The molecule has 0 spiro atoms. The quantitative estimate of drug-likeness (QED) is 0.152. The van der Waals surface area contributed by atoms with Crippen molar-refractivity contribution in [2.45, 2.75) is 222 Å². The zero-order chi connectivity index (χ0) is 58.5. The number of rotatable bonds is 8. The predicted molar refractivity (Wildman–Crippen MR) is 284 cm³/mol. The van der Waals surface area contributed by atoms with E-state index in [0.29, 0.717) is 0 Å². The minimum atomic E-state index is -2.41. The van der Waals surface area contributed by atoms with Gasteiger partial charge >= 0.3 is 17.9 Å². The highest BCUT2D eigenvalue weighted by Crippen LogP contribution is 2.38. The van der Waals surface area contributed by atoms with Crippen molar-refractivity contribution in [3.8, 4) is 0 Å². The van der Waals surface area contributed by atoms with Gasteiger partial charge in [0, 0.05) is 43.9 Å². The van der Waals surface area contributed by atoms with Gasteiger partial charge < -0.3 is 90.9 Å². The lowest BCUT2D eigenvalue weighted by atomic mass is 9.82. The summed E-state index contributed by atoms with van der Waals surface area (Å²) in [6.07, 6.45) is 0.653. The maximum Gasteiger partial charge on any atom is 0.311 e. The summed E-state index contributed by atoms with van der Waals surface area (Å²) in [7, 11) is 0. The van der Waals surface area contributed by atoms with Crippen LogP contribution >= 0.6 is 0 Å². The van der Waals surface area contributed by atoms with E-state index in [4.69, 9.17) is 29.4 Å². The number of carbonyl (C=O) groups excluding carboxylic acids is 3. The highest BCUT2D eigenvalue weighted by molar-refractivity contribution is 5.82. The van der Waals surface area contributed by atoms with Crippen molar-refractivity contribution in [3.63, 3.8) is 0 Å². The number of aliphatic carboxylic acids is 1. The maximum absolute atomic E-state index is 13.3. The second-order valence-electron chi connectivity index (χ2n) is 21.8. The van der Waals surface area contributed by atoms with E-state index in [9.17, 15) is 75.3 Å². The molecule has 3 rings (SSSR count). The molecule has 442 valence electrons. The van der Waals surface area contributed by atoms with Crippen LogP contribution in [-0.2, 0) is 42.9 Å². The number of allylic oxidation sites excluding steroid dienone is 12. The number of carboxylic acid groups (broad SMARTS) is 1. The van der Waals surface area contributed by atoms with Crippen molar-refractivity contribution in [2.75, 3.05) is 0 Å². The van der Waals surface area contributed by atoms with Crippen molar-refractivity contribution in [1.82, 2.24) is 5.32 Å². The van der Waals surface area contributed by atoms with Crippen molar-refractivity contribution < 1.29 is 99.0 Å². The van der Waals surface area contributed by atoms with Crippen LogP contribution in [0.2, 0.25) is 0 Å². The Morgan fingerprint density at radius 1 is 0.718 bits per heavy atom. The van der Waals surface area contributed by atoms with Crippen LogP contribution in [0.4, 0.5) is 0 Å². The van der Waals surface area contributed by atoms with E-state index in [1.165, 1.54) is 19.1 Å². The average molecular weight is 1110 g/mol. The van der Waals surface area contributed by atoms with E-state index in [-0.39, 0.29) is 38.0 Å². The lowest BCUT2D eigenvalue weighted by molar-refractivity contribution is -0.309. The second kappa shape index (κ2) is 32.7. The number of fused-ring (bicyclic) bond motifs is 2. The van der Waals surface area contributed by atoms with Gasteiger partial charge in [-0.3, -0.25) is 19.2 Å². The van der Waals surface area contributed by atoms with Crippen LogP contribution in [0.5, 0.6) is 0 Å². The molecule has 2 bridgehead atoms. The number of aliphatic hydroxyl groups is 10. The summed E-state index contributed by atoms with van der Waals surface area (Å²) < 4.78 is 28.8. The Morgan fingerprint density at radius 2 is 1.29 bits per heavy atom. The highest BCUT2D eigenvalue weighted by Gasteiger charge is 2.51. The molecule has 3 aliphatic heterocycles. The van der Waals surface area contributed by atoms with Gasteiger partial charge in [0.2, 0.25) is 5.91 Å². The standard InChI is InChI=1S/C56H88N2O20/c1-32-20-18-16-14-12-10-8-9-11-13-15-17-19-21-39(76-54-51(69)48(50(68)35(4)75-54)58-52(70)40(57)23-25-45(65)78-55(5,6)7)29-44-47(53(71)72)43(64)31-56(73,77-44)30-38(61)27-42(63)41(62)24-22-36(59)26-37(60)28-46(66)74-34(3)33(2)49(32)67/h8-21,32-44,47-51,54,59-64,67-69,73H,22-31,57H2,1-7H3,(H,58,70)(H,71,72)/b9-8+,12-10+,13-11+,16-14+,17-15+,20-18+,21-19+/t32-,33-,34-,35-,36+,37+,38-,39-,40+,41+,42+,43-,44-,47+,48-,49+,50+,51-,54-,56+/m0/s1.